The third-order valence-electron chi connectivity index (χ3n) is 6.99. The summed E-state index contributed by atoms with van der Waals surface area (Å²) in [6.45, 7) is 0.993. The predicted octanol–water partition coefficient (Wildman–Crippen LogP) is -4.56. The van der Waals surface area contributed by atoms with E-state index in [9.17, 15) is 38.4 Å². The summed E-state index contributed by atoms with van der Waals surface area (Å²) >= 11 is 4.03. The lowest BCUT2D eigenvalue weighted by Gasteiger charge is -2.46. The van der Waals surface area contributed by atoms with Crippen LogP contribution < -0.4 is 10.6 Å². The zero-order chi connectivity index (χ0) is 31.8. The van der Waals surface area contributed by atoms with Crippen LogP contribution in [0.4, 0.5) is 0 Å². The molecule has 0 aliphatic carbocycles. The number of amides is 2. The minimum atomic E-state index is -4.09. The van der Waals surface area contributed by atoms with E-state index >= 15 is 0 Å². The van der Waals surface area contributed by atoms with E-state index in [2.05, 4.69) is 23.3 Å². The van der Waals surface area contributed by atoms with Crippen LogP contribution >= 0.6 is 12.6 Å². The molecule has 17 nitrogen and oxygen atoms in total. The van der Waals surface area contributed by atoms with E-state index in [1.54, 1.807) is 14.1 Å². The predicted molar refractivity (Wildman–Crippen MR) is 147 cm³/mol. The number of carbonyl (C=O) groups is 2. The summed E-state index contributed by atoms with van der Waals surface area (Å²) in [6, 6.07) is 0. The molecule has 2 saturated heterocycles. The largest absolute Gasteiger partial charge is 0.387 e. The summed E-state index contributed by atoms with van der Waals surface area (Å²) in [4.78, 5) is 25.9. The number of likely N-dealkylation sites (N-methyl/N-ethyl adjacent to an activating group) is 1. The van der Waals surface area contributed by atoms with Gasteiger partial charge in [-0.15, -0.1) is 0 Å². The van der Waals surface area contributed by atoms with Crippen LogP contribution in [-0.2, 0) is 43.4 Å². The monoisotopic (exact) mass is 650 g/mol. The third kappa shape index (κ3) is 10.2. The number of rotatable bonds is 15. The highest BCUT2D eigenvalue weighted by molar-refractivity contribution is 7.85. The van der Waals surface area contributed by atoms with Crippen molar-refractivity contribution in [1.29, 1.82) is 0 Å². The van der Waals surface area contributed by atoms with Crippen molar-refractivity contribution in [3.05, 3.63) is 0 Å². The summed E-state index contributed by atoms with van der Waals surface area (Å²) in [5.74, 6) is -1.58. The lowest BCUT2D eigenvalue weighted by Crippen LogP contribution is -2.67. The fourth-order valence-electron chi connectivity index (χ4n) is 4.62. The van der Waals surface area contributed by atoms with E-state index in [4.69, 9.17) is 28.2 Å². The summed E-state index contributed by atoms with van der Waals surface area (Å²) in [6.07, 6.45) is -15.9. The zero-order valence-corrected chi connectivity index (χ0v) is 25.6. The molecular weight excluding hydrogens is 606 g/mol. The first-order valence-corrected chi connectivity index (χ1v) is 15.5. The number of aliphatic hydroxyl groups excluding tert-OH is 4. The maximum atomic E-state index is 13.1. The molecule has 0 aromatic heterocycles. The molecular formula is C23H44N3O14S2+. The topological polar surface area (TPSA) is 240 Å². The van der Waals surface area contributed by atoms with Crippen molar-refractivity contribution in [1.82, 2.24) is 10.6 Å². The average molecular weight is 651 g/mol. The number of thiol groups is 1. The van der Waals surface area contributed by atoms with E-state index in [0.29, 0.717) is 17.6 Å². The number of aliphatic hydroxyl groups is 4. The Kier molecular flexibility index (Phi) is 14.3. The van der Waals surface area contributed by atoms with Crippen LogP contribution in [0.3, 0.4) is 0 Å². The Morgan fingerprint density at radius 2 is 1.36 bits per heavy atom. The van der Waals surface area contributed by atoms with Crippen LogP contribution in [0.25, 0.3) is 0 Å². The van der Waals surface area contributed by atoms with Crippen LogP contribution in [0.1, 0.15) is 6.42 Å². The summed E-state index contributed by atoms with van der Waals surface area (Å²) in [5, 5.41) is 47.8. The molecule has 0 aromatic carbocycles. The van der Waals surface area contributed by atoms with Crippen LogP contribution in [0.5, 0.6) is 0 Å². The number of nitrogens with zero attached hydrogens (tertiary/aromatic N) is 1. The summed E-state index contributed by atoms with van der Waals surface area (Å²) in [7, 11) is 1.91. The second-order valence-electron chi connectivity index (χ2n) is 10.7. The van der Waals surface area contributed by atoms with Gasteiger partial charge in [0.2, 0.25) is 0 Å². The molecule has 7 N–H and O–H groups in total. The SMILES string of the molecule is COC1OC(C(=O)NCCS)[C@@H](OC2OC(C(=O)NCC[N+](C)(C)CCCS(=O)(=O)O)[C@@H](OC)[C@H](O)[C@H]2O)[C@H](O)[C@H]1O. The first-order chi connectivity index (χ1) is 19.6. The Balaban J connectivity index is 2.14. The number of quaternary nitrogens is 1. The van der Waals surface area contributed by atoms with Crippen LogP contribution in [0, 0.1) is 0 Å². The van der Waals surface area contributed by atoms with Gasteiger partial charge in [-0.1, -0.05) is 0 Å². The minimum absolute atomic E-state index is 0.103. The first kappa shape index (κ1) is 37.0. The highest BCUT2D eigenvalue weighted by Crippen LogP contribution is 2.30. The van der Waals surface area contributed by atoms with Gasteiger partial charge in [0.05, 0.1) is 39.5 Å². The standard InChI is InChI=1S/C23H43N3O14S2/c1-26(2,8-5-11-42(33,34)35)9-6-24-20(31)18-16(36-3)12(27)15(30)23(40-18)38-17-13(28)14(29)22(37-4)39-19(17)21(32)25-7-10-41/h12-19,22-23,27-30H,5-11H2,1-4H3,(H3-,24,25,31,32,33,34,35,41)/p+1/t12-,13-,14-,15-,16+,17+,18?,19?,22?,23?/m1/s1. The highest BCUT2D eigenvalue weighted by Gasteiger charge is 2.54. The van der Waals surface area contributed by atoms with Gasteiger partial charge in [0.1, 0.15) is 36.6 Å². The van der Waals surface area contributed by atoms with Crippen molar-refractivity contribution in [2.24, 2.45) is 0 Å². The number of methoxy groups -OCH3 is 2. The molecule has 0 radical (unpaired) electrons. The molecule has 4 unspecified atom stereocenters. The molecule has 2 fully saturated rings. The molecule has 19 heteroatoms. The van der Waals surface area contributed by atoms with Gasteiger partial charge in [-0.25, -0.2) is 0 Å². The van der Waals surface area contributed by atoms with Gasteiger partial charge < -0.3 is 59.2 Å². The normalized spacial score (nSPS) is 34.1. The second-order valence-corrected chi connectivity index (χ2v) is 12.7. The number of nitrogens with one attached hydrogen (secondary N) is 2. The fourth-order valence-corrected chi connectivity index (χ4v) is 5.23. The van der Waals surface area contributed by atoms with E-state index in [1.807, 2.05) is 0 Å². The maximum absolute atomic E-state index is 13.1. The molecule has 2 amide bonds. The fraction of sp³-hybridized carbons (Fsp3) is 0.913. The molecule has 10 atom stereocenters. The van der Waals surface area contributed by atoms with Crippen molar-refractivity contribution in [3.8, 4) is 0 Å². The number of hydrogen-bond acceptors (Lipinski definition) is 14. The Hall–Kier alpha value is -1.20. The quantitative estimate of drug-likeness (QED) is 0.0473. The van der Waals surface area contributed by atoms with E-state index in [1.165, 1.54) is 14.2 Å². The lowest BCUT2D eigenvalue weighted by atomic mass is 9.96. The maximum Gasteiger partial charge on any atom is 0.265 e. The average Bonchev–Trinajstić information content (AvgIpc) is 2.91. The van der Waals surface area contributed by atoms with Gasteiger partial charge in [-0.05, 0) is 0 Å². The van der Waals surface area contributed by atoms with Crippen molar-refractivity contribution in [2.45, 2.75) is 67.8 Å². The molecule has 42 heavy (non-hydrogen) atoms. The summed E-state index contributed by atoms with van der Waals surface area (Å²) < 4.78 is 58.2. The summed E-state index contributed by atoms with van der Waals surface area (Å²) in [5.41, 5.74) is 0. The lowest BCUT2D eigenvalue weighted by molar-refractivity contribution is -0.889. The molecule has 0 aromatic rings. The Morgan fingerprint density at radius 1 is 0.833 bits per heavy atom. The Bertz CT molecular complexity index is 989. The van der Waals surface area contributed by atoms with Crippen molar-refractivity contribution in [3.63, 3.8) is 0 Å². The molecule has 2 aliphatic rings. The third-order valence-corrected chi connectivity index (χ3v) is 8.02. The molecule has 0 saturated carbocycles. The molecule has 246 valence electrons. The van der Waals surface area contributed by atoms with Gasteiger partial charge in [0, 0.05) is 32.9 Å². The molecule has 2 rings (SSSR count). The van der Waals surface area contributed by atoms with Crippen LogP contribution in [-0.4, -0.2) is 177 Å². The smallest absolute Gasteiger partial charge is 0.265 e. The highest BCUT2D eigenvalue weighted by atomic mass is 32.2. The van der Waals surface area contributed by atoms with Crippen LogP contribution in [0.15, 0.2) is 0 Å². The number of hydrogen-bond donors (Lipinski definition) is 8. The van der Waals surface area contributed by atoms with Gasteiger partial charge >= 0.3 is 0 Å². The van der Waals surface area contributed by atoms with E-state index in [0.717, 1.165) is 0 Å². The van der Waals surface area contributed by atoms with Crippen molar-refractivity contribution >= 4 is 34.6 Å². The van der Waals surface area contributed by atoms with Gasteiger partial charge in [0.25, 0.3) is 21.9 Å². The zero-order valence-electron chi connectivity index (χ0n) is 23.9. The molecule has 2 aliphatic heterocycles. The molecule has 0 bridgehead atoms. The number of ether oxygens (including phenoxy) is 5. The van der Waals surface area contributed by atoms with Crippen LogP contribution in [0.2, 0.25) is 0 Å². The van der Waals surface area contributed by atoms with Gasteiger partial charge in [-0.3, -0.25) is 14.1 Å². The van der Waals surface area contributed by atoms with Crippen molar-refractivity contribution < 1.29 is 71.2 Å². The molecule has 0 spiro atoms. The Labute approximate surface area is 250 Å². The molecule has 2 heterocycles. The number of carbonyl (C=O) groups excluding carboxylic acids is 2. The van der Waals surface area contributed by atoms with Gasteiger partial charge in [-0.2, -0.15) is 21.0 Å². The first-order valence-electron chi connectivity index (χ1n) is 13.2. The Morgan fingerprint density at radius 3 is 1.90 bits per heavy atom. The van der Waals surface area contributed by atoms with Crippen molar-refractivity contribution in [2.75, 3.05) is 66.0 Å². The van der Waals surface area contributed by atoms with E-state index < -0.39 is 89.1 Å². The second kappa shape index (κ2) is 16.2. The minimum Gasteiger partial charge on any atom is -0.387 e. The van der Waals surface area contributed by atoms with E-state index in [-0.39, 0.29) is 25.3 Å². The van der Waals surface area contributed by atoms with Gasteiger partial charge in [0.15, 0.2) is 24.8 Å².